The molecule has 4 rings (SSSR count). The number of hydrogen-bond acceptors (Lipinski definition) is 2. The van der Waals surface area contributed by atoms with Gasteiger partial charge in [0.1, 0.15) is 0 Å². The fourth-order valence-corrected chi connectivity index (χ4v) is 4.03. The fourth-order valence-electron chi connectivity index (χ4n) is 3.69. The van der Waals surface area contributed by atoms with Crippen molar-refractivity contribution in [3.63, 3.8) is 0 Å². The van der Waals surface area contributed by atoms with Gasteiger partial charge in [-0.25, -0.2) is 0 Å². The lowest BCUT2D eigenvalue weighted by Gasteiger charge is -2.19. The Labute approximate surface area is 191 Å². The summed E-state index contributed by atoms with van der Waals surface area (Å²) in [7, 11) is 1.38. The molecule has 0 saturated heterocycles. The molecule has 0 saturated carbocycles. The molecule has 0 atom stereocenters. The number of rotatable bonds is 4. The smallest absolute Gasteiger partial charge is 0.416 e. The third-order valence-corrected chi connectivity index (χ3v) is 5.76. The van der Waals surface area contributed by atoms with Crippen LogP contribution in [0.5, 0.6) is 5.75 Å². The first-order valence-corrected chi connectivity index (χ1v) is 10.3. The quantitative estimate of drug-likeness (QED) is 0.315. The minimum atomic E-state index is -4.53. The lowest BCUT2D eigenvalue weighted by atomic mass is 9.99. The predicted molar refractivity (Wildman–Crippen MR) is 121 cm³/mol. The van der Waals surface area contributed by atoms with Gasteiger partial charge in [-0.2, -0.15) is 13.2 Å². The van der Waals surface area contributed by atoms with Gasteiger partial charge in [-0.05, 0) is 47.5 Å². The molecular weight excluding hydrogens is 462 g/mol. The Kier molecular flexibility index (Phi) is 5.93. The standard InChI is InChI=1S/C24H16Cl2F3NO2/c1-32-22-21(14-5-3-2-4-6-14)18-12-17(25)8-10-20(18)30(23(22)31)13-15-11-16(24(27,28)29)7-9-19(15)26/h2-12H,13H2,1H3. The van der Waals surface area contributed by atoms with Crippen molar-refractivity contribution in [1.29, 1.82) is 0 Å². The molecule has 0 fully saturated rings. The molecule has 3 aromatic carbocycles. The lowest BCUT2D eigenvalue weighted by molar-refractivity contribution is -0.137. The third-order valence-electron chi connectivity index (χ3n) is 5.15. The number of methoxy groups -OCH3 is 1. The number of alkyl halides is 3. The molecular formula is C24H16Cl2F3NO2. The number of pyridine rings is 1. The zero-order valence-electron chi connectivity index (χ0n) is 16.7. The number of nitrogens with zero attached hydrogens (tertiary/aromatic N) is 1. The van der Waals surface area contributed by atoms with Gasteiger partial charge in [-0.1, -0.05) is 53.5 Å². The number of fused-ring (bicyclic) bond motifs is 1. The first kappa shape index (κ1) is 22.2. The highest BCUT2D eigenvalue weighted by Crippen LogP contribution is 2.37. The second kappa shape index (κ2) is 8.52. The van der Waals surface area contributed by atoms with Crippen LogP contribution in [-0.2, 0) is 12.7 Å². The van der Waals surface area contributed by atoms with Crippen LogP contribution in [0.3, 0.4) is 0 Å². The molecule has 3 nitrogen and oxygen atoms in total. The summed E-state index contributed by atoms with van der Waals surface area (Å²) in [5.41, 5.74) is 0.627. The molecule has 0 radical (unpaired) electrons. The zero-order valence-corrected chi connectivity index (χ0v) is 18.2. The molecule has 0 spiro atoms. The van der Waals surface area contributed by atoms with Crippen LogP contribution in [0.25, 0.3) is 22.0 Å². The Hall–Kier alpha value is -2.96. The largest absolute Gasteiger partial charge is 0.491 e. The fraction of sp³-hybridized carbons (Fsp3) is 0.125. The van der Waals surface area contributed by atoms with Gasteiger partial charge in [-0.3, -0.25) is 4.79 Å². The summed E-state index contributed by atoms with van der Waals surface area (Å²) in [6.45, 7) is -0.175. The van der Waals surface area contributed by atoms with Crippen molar-refractivity contribution in [1.82, 2.24) is 4.57 Å². The van der Waals surface area contributed by atoms with E-state index < -0.39 is 17.3 Å². The van der Waals surface area contributed by atoms with E-state index in [0.29, 0.717) is 21.5 Å². The van der Waals surface area contributed by atoms with Gasteiger partial charge < -0.3 is 9.30 Å². The van der Waals surface area contributed by atoms with E-state index in [1.54, 1.807) is 18.2 Å². The Morgan fingerprint density at radius 3 is 2.34 bits per heavy atom. The minimum absolute atomic E-state index is 0.0639. The van der Waals surface area contributed by atoms with Crippen molar-refractivity contribution in [2.75, 3.05) is 7.11 Å². The molecule has 0 aliphatic carbocycles. The van der Waals surface area contributed by atoms with Crippen LogP contribution < -0.4 is 10.3 Å². The molecule has 0 unspecified atom stereocenters. The Morgan fingerprint density at radius 2 is 1.69 bits per heavy atom. The van der Waals surface area contributed by atoms with Gasteiger partial charge in [0, 0.05) is 21.0 Å². The summed E-state index contributed by atoms with van der Waals surface area (Å²) in [6.07, 6.45) is -4.53. The molecule has 1 aromatic heterocycles. The molecule has 164 valence electrons. The lowest BCUT2D eigenvalue weighted by Crippen LogP contribution is -2.24. The second-order valence-corrected chi connectivity index (χ2v) is 7.97. The molecule has 4 aromatic rings. The normalized spacial score (nSPS) is 11.7. The van der Waals surface area contributed by atoms with Gasteiger partial charge in [0.05, 0.1) is 24.7 Å². The summed E-state index contributed by atoms with van der Waals surface area (Å²) in [4.78, 5) is 13.4. The molecule has 32 heavy (non-hydrogen) atoms. The highest BCUT2D eigenvalue weighted by molar-refractivity contribution is 6.31. The third kappa shape index (κ3) is 4.08. The van der Waals surface area contributed by atoms with Crippen molar-refractivity contribution in [3.8, 4) is 16.9 Å². The van der Waals surface area contributed by atoms with E-state index in [2.05, 4.69) is 0 Å². The summed E-state index contributed by atoms with van der Waals surface area (Å²) in [5, 5.41) is 1.19. The molecule has 0 amide bonds. The van der Waals surface area contributed by atoms with E-state index in [9.17, 15) is 18.0 Å². The van der Waals surface area contributed by atoms with Crippen LogP contribution in [0.1, 0.15) is 11.1 Å². The monoisotopic (exact) mass is 477 g/mol. The molecule has 0 bridgehead atoms. The molecule has 0 aliphatic heterocycles. The topological polar surface area (TPSA) is 31.2 Å². The van der Waals surface area contributed by atoms with Crippen molar-refractivity contribution in [2.24, 2.45) is 0 Å². The van der Waals surface area contributed by atoms with E-state index in [1.165, 1.54) is 17.7 Å². The minimum Gasteiger partial charge on any atom is -0.491 e. The van der Waals surface area contributed by atoms with Crippen molar-refractivity contribution in [3.05, 3.63) is 98.3 Å². The highest BCUT2D eigenvalue weighted by atomic mass is 35.5. The predicted octanol–water partition coefficient (Wildman–Crippen LogP) is 7.05. The van der Waals surface area contributed by atoms with Gasteiger partial charge in [-0.15, -0.1) is 0 Å². The zero-order chi connectivity index (χ0) is 23.0. The SMILES string of the molecule is COc1c(-c2ccccc2)c2cc(Cl)ccc2n(Cc2cc(C(F)(F)F)ccc2Cl)c1=O. The van der Waals surface area contributed by atoms with E-state index in [4.69, 9.17) is 27.9 Å². The van der Waals surface area contributed by atoms with Crippen LogP contribution in [0, 0.1) is 0 Å². The van der Waals surface area contributed by atoms with Gasteiger partial charge in [0.15, 0.2) is 5.75 Å². The maximum absolute atomic E-state index is 13.4. The van der Waals surface area contributed by atoms with Crippen LogP contribution in [0.2, 0.25) is 10.0 Å². The van der Waals surface area contributed by atoms with E-state index in [1.807, 2.05) is 30.3 Å². The maximum atomic E-state index is 13.4. The van der Waals surface area contributed by atoms with Gasteiger partial charge in [0.25, 0.3) is 5.56 Å². The Balaban J connectivity index is 2.01. The van der Waals surface area contributed by atoms with Crippen LogP contribution in [-0.4, -0.2) is 11.7 Å². The number of ether oxygens (including phenoxy) is 1. The van der Waals surface area contributed by atoms with Crippen LogP contribution >= 0.6 is 23.2 Å². The number of hydrogen-bond donors (Lipinski definition) is 0. The molecule has 0 aliphatic rings. The summed E-state index contributed by atoms with van der Waals surface area (Å²) in [5.74, 6) is 0.0639. The summed E-state index contributed by atoms with van der Waals surface area (Å²) < 4.78 is 46.5. The van der Waals surface area contributed by atoms with Gasteiger partial charge >= 0.3 is 6.18 Å². The average Bonchev–Trinajstić information content (AvgIpc) is 2.76. The number of aromatic nitrogens is 1. The Morgan fingerprint density at radius 1 is 0.969 bits per heavy atom. The highest BCUT2D eigenvalue weighted by Gasteiger charge is 2.31. The summed E-state index contributed by atoms with van der Waals surface area (Å²) in [6, 6.07) is 17.2. The first-order valence-electron chi connectivity index (χ1n) is 9.52. The number of halogens is 5. The molecule has 8 heteroatoms. The van der Waals surface area contributed by atoms with Crippen molar-refractivity contribution < 1.29 is 17.9 Å². The van der Waals surface area contributed by atoms with Gasteiger partial charge in [0.2, 0.25) is 0 Å². The molecule has 0 N–H and O–H groups in total. The summed E-state index contributed by atoms with van der Waals surface area (Å²) >= 11 is 12.4. The van der Waals surface area contributed by atoms with Crippen molar-refractivity contribution >= 4 is 34.1 Å². The Bertz CT molecular complexity index is 1370. The van der Waals surface area contributed by atoms with Crippen LogP contribution in [0.4, 0.5) is 13.2 Å². The van der Waals surface area contributed by atoms with Crippen molar-refractivity contribution in [2.45, 2.75) is 12.7 Å². The second-order valence-electron chi connectivity index (χ2n) is 7.13. The van der Waals surface area contributed by atoms with E-state index in [-0.39, 0.29) is 22.9 Å². The van der Waals surface area contributed by atoms with E-state index in [0.717, 1.165) is 17.7 Å². The average molecular weight is 478 g/mol. The first-order chi connectivity index (χ1) is 15.2. The molecule has 1 heterocycles. The van der Waals surface area contributed by atoms with Crippen LogP contribution in [0.15, 0.2) is 71.5 Å². The maximum Gasteiger partial charge on any atom is 0.416 e. The van der Waals surface area contributed by atoms with E-state index >= 15 is 0 Å². The number of benzene rings is 3.